The number of anilines is 1. The van der Waals surface area contributed by atoms with Crippen LogP contribution in [0.3, 0.4) is 0 Å². The molecule has 0 unspecified atom stereocenters. The Labute approximate surface area is 139 Å². The van der Waals surface area contributed by atoms with Gasteiger partial charge in [0.25, 0.3) is 11.7 Å². The highest BCUT2D eigenvalue weighted by Gasteiger charge is 2.37. The number of nitrogens with zero attached hydrogens (tertiary/aromatic N) is 1. The Morgan fingerprint density at radius 2 is 1.86 bits per heavy atom. The molecule has 0 radical (unpaired) electrons. The van der Waals surface area contributed by atoms with Crippen molar-refractivity contribution in [1.29, 1.82) is 0 Å². The van der Waals surface area contributed by atoms with E-state index in [4.69, 9.17) is 23.2 Å². The number of carbonyl (C=O) groups is 2. The van der Waals surface area contributed by atoms with Crippen LogP contribution in [0.2, 0.25) is 10.0 Å². The molecular formula is C15H8BrCl2NO2. The third-order valence-electron chi connectivity index (χ3n) is 3.29. The van der Waals surface area contributed by atoms with Gasteiger partial charge in [-0.3, -0.25) is 9.59 Å². The van der Waals surface area contributed by atoms with Crippen molar-refractivity contribution in [3.63, 3.8) is 0 Å². The molecule has 3 rings (SSSR count). The van der Waals surface area contributed by atoms with Crippen LogP contribution in [0.4, 0.5) is 5.69 Å². The van der Waals surface area contributed by atoms with Gasteiger partial charge in [0, 0.05) is 14.5 Å². The van der Waals surface area contributed by atoms with Gasteiger partial charge in [0.1, 0.15) is 0 Å². The molecule has 0 aromatic heterocycles. The molecule has 0 fully saturated rings. The molecule has 0 N–H and O–H groups in total. The quantitative estimate of drug-likeness (QED) is 0.715. The van der Waals surface area contributed by atoms with Crippen molar-refractivity contribution < 1.29 is 9.59 Å². The molecule has 0 saturated heterocycles. The van der Waals surface area contributed by atoms with E-state index in [-0.39, 0.29) is 6.54 Å². The predicted octanol–water partition coefficient (Wildman–Crippen LogP) is 4.49. The number of ketones is 1. The van der Waals surface area contributed by atoms with Gasteiger partial charge >= 0.3 is 0 Å². The van der Waals surface area contributed by atoms with Crippen molar-refractivity contribution in [2.75, 3.05) is 4.90 Å². The molecule has 3 nitrogen and oxygen atoms in total. The molecule has 2 aromatic carbocycles. The first-order valence-corrected chi connectivity index (χ1v) is 7.62. The maximum atomic E-state index is 12.2. The lowest BCUT2D eigenvalue weighted by atomic mass is 10.1. The van der Waals surface area contributed by atoms with Crippen LogP contribution in [0, 0.1) is 0 Å². The summed E-state index contributed by atoms with van der Waals surface area (Å²) in [6, 6.07) is 10.3. The van der Waals surface area contributed by atoms with E-state index < -0.39 is 11.7 Å². The standard InChI is InChI=1S/C15H8BrCl2NO2/c16-10-2-1-3-12-13(10)14(20)15(21)19(12)7-8-6-9(17)4-5-11(8)18/h1-6H,7H2. The number of benzene rings is 2. The van der Waals surface area contributed by atoms with E-state index in [9.17, 15) is 9.59 Å². The summed E-state index contributed by atoms with van der Waals surface area (Å²) in [7, 11) is 0. The molecule has 1 aliphatic rings. The van der Waals surface area contributed by atoms with Crippen LogP contribution in [0.25, 0.3) is 0 Å². The molecule has 2 aromatic rings. The molecule has 0 bridgehead atoms. The number of carbonyl (C=O) groups excluding carboxylic acids is 2. The first-order chi connectivity index (χ1) is 9.99. The topological polar surface area (TPSA) is 37.4 Å². The highest BCUT2D eigenvalue weighted by atomic mass is 79.9. The van der Waals surface area contributed by atoms with Crippen LogP contribution in [0.15, 0.2) is 40.9 Å². The second-order valence-electron chi connectivity index (χ2n) is 4.59. The number of hydrogen-bond acceptors (Lipinski definition) is 2. The van der Waals surface area contributed by atoms with Crippen LogP contribution >= 0.6 is 39.1 Å². The fraction of sp³-hybridized carbons (Fsp3) is 0.0667. The summed E-state index contributed by atoms with van der Waals surface area (Å²) in [5, 5.41) is 1.03. The monoisotopic (exact) mass is 383 g/mol. The van der Waals surface area contributed by atoms with Crippen molar-refractivity contribution in [2.45, 2.75) is 6.54 Å². The second kappa shape index (κ2) is 5.44. The fourth-order valence-electron chi connectivity index (χ4n) is 2.29. The zero-order chi connectivity index (χ0) is 15.1. The Morgan fingerprint density at radius 1 is 1.10 bits per heavy atom. The normalized spacial score (nSPS) is 13.8. The first kappa shape index (κ1) is 14.6. The van der Waals surface area contributed by atoms with Crippen LogP contribution in [0.1, 0.15) is 15.9 Å². The third-order valence-corrected chi connectivity index (χ3v) is 4.55. The van der Waals surface area contributed by atoms with Gasteiger partial charge in [-0.25, -0.2) is 0 Å². The van der Waals surface area contributed by atoms with E-state index in [0.29, 0.717) is 31.3 Å². The third kappa shape index (κ3) is 2.48. The summed E-state index contributed by atoms with van der Waals surface area (Å²) >= 11 is 15.4. The molecule has 6 heteroatoms. The summed E-state index contributed by atoms with van der Waals surface area (Å²) in [5.41, 5.74) is 1.66. The Bertz CT molecular complexity index is 776. The van der Waals surface area contributed by atoms with Gasteiger partial charge in [-0.15, -0.1) is 0 Å². The number of hydrogen-bond donors (Lipinski definition) is 0. The molecule has 0 atom stereocenters. The van der Waals surface area contributed by atoms with Crippen molar-refractivity contribution >= 4 is 56.5 Å². The van der Waals surface area contributed by atoms with E-state index in [0.717, 1.165) is 0 Å². The second-order valence-corrected chi connectivity index (χ2v) is 6.29. The van der Waals surface area contributed by atoms with Crippen LogP contribution in [0.5, 0.6) is 0 Å². The largest absolute Gasteiger partial charge is 0.300 e. The molecule has 0 spiro atoms. The van der Waals surface area contributed by atoms with Gasteiger partial charge in [0.15, 0.2) is 0 Å². The predicted molar refractivity (Wildman–Crippen MR) is 86.1 cm³/mol. The summed E-state index contributed by atoms with van der Waals surface area (Å²) in [4.78, 5) is 25.7. The molecule has 1 amide bonds. The van der Waals surface area contributed by atoms with Crippen molar-refractivity contribution in [3.8, 4) is 0 Å². The maximum Gasteiger partial charge on any atom is 0.299 e. The molecule has 106 valence electrons. The SMILES string of the molecule is O=C1C(=O)N(Cc2cc(Cl)ccc2Cl)c2cccc(Br)c21. The molecular weight excluding hydrogens is 377 g/mol. The summed E-state index contributed by atoms with van der Waals surface area (Å²) in [6.07, 6.45) is 0. The number of amides is 1. The summed E-state index contributed by atoms with van der Waals surface area (Å²) < 4.78 is 0.609. The molecule has 0 aliphatic carbocycles. The van der Waals surface area contributed by atoms with E-state index in [1.165, 1.54) is 4.90 Å². The maximum absolute atomic E-state index is 12.2. The van der Waals surface area contributed by atoms with Crippen LogP contribution < -0.4 is 4.90 Å². The lowest BCUT2D eigenvalue weighted by molar-refractivity contribution is -0.114. The zero-order valence-corrected chi connectivity index (χ0v) is 13.7. The number of fused-ring (bicyclic) bond motifs is 1. The Morgan fingerprint density at radius 3 is 2.62 bits per heavy atom. The van der Waals surface area contributed by atoms with Crippen LogP contribution in [-0.4, -0.2) is 11.7 Å². The van der Waals surface area contributed by atoms with Gasteiger partial charge in [0.2, 0.25) is 0 Å². The minimum absolute atomic E-state index is 0.202. The fourth-order valence-corrected chi connectivity index (χ4v) is 3.20. The van der Waals surface area contributed by atoms with Crippen LogP contribution in [-0.2, 0) is 11.3 Å². The average Bonchev–Trinajstić information content (AvgIpc) is 2.69. The van der Waals surface area contributed by atoms with E-state index in [2.05, 4.69) is 15.9 Å². The lowest BCUT2D eigenvalue weighted by Crippen LogP contribution is -2.29. The van der Waals surface area contributed by atoms with Gasteiger partial charge in [-0.05, 0) is 51.8 Å². The van der Waals surface area contributed by atoms with Gasteiger partial charge in [-0.2, -0.15) is 0 Å². The molecule has 21 heavy (non-hydrogen) atoms. The lowest BCUT2D eigenvalue weighted by Gasteiger charge is -2.17. The van der Waals surface area contributed by atoms with Gasteiger partial charge < -0.3 is 4.90 Å². The number of Topliss-reactive ketones (excluding diaryl/α,β-unsaturated/α-hetero) is 1. The highest BCUT2D eigenvalue weighted by Crippen LogP contribution is 2.36. The highest BCUT2D eigenvalue weighted by molar-refractivity contribution is 9.10. The smallest absolute Gasteiger partial charge is 0.299 e. The molecule has 0 saturated carbocycles. The van der Waals surface area contributed by atoms with E-state index in [1.54, 1.807) is 36.4 Å². The zero-order valence-electron chi connectivity index (χ0n) is 10.6. The van der Waals surface area contributed by atoms with E-state index >= 15 is 0 Å². The van der Waals surface area contributed by atoms with E-state index in [1.807, 2.05) is 0 Å². The van der Waals surface area contributed by atoms with Crippen molar-refractivity contribution in [1.82, 2.24) is 0 Å². The summed E-state index contributed by atoms with van der Waals surface area (Å²) in [6.45, 7) is 0.202. The Hall–Kier alpha value is -1.36. The molecule has 1 aliphatic heterocycles. The first-order valence-electron chi connectivity index (χ1n) is 6.07. The molecule has 1 heterocycles. The van der Waals surface area contributed by atoms with Crippen molar-refractivity contribution in [3.05, 3.63) is 62.0 Å². The van der Waals surface area contributed by atoms with Gasteiger partial charge in [-0.1, -0.05) is 29.3 Å². The average molecular weight is 385 g/mol. The Balaban J connectivity index is 2.05. The van der Waals surface area contributed by atoms with Crippen molar-refractivity contribution in [2.24, 2.45) is 0 Å². The van der Waals surface area contributed by atoms with Gasteiger partial charge in [0.05, 0.1) is 17.8 Å². The minimum Gasteiger partial charge on any atom is -0.300 e. The number of halogens is 3. The minimum atomic E-state index is -0.562. The Kier molecular flexibility index (Phi) is 3.78. The number of rotatable bonds is 2. The summed E-state index contributed by atoms with van der Waals surface area (Å²) in [5.74, 6) is -1.08.